The normalized spacial score (nSPS) is 25.5. The predicted octanol–water partition coefficient (Wildman–Crippen LogP) is 4.66. The lowest BCUT2D eigenvalue weighted by Crippen LogP contribution is -2.39. The van der Waals surface area contributed by atoms with E-state index in [9.17, 15) is 13.2 Å². The number of anilines is 1. The van der Waals surface area contributed by atoms with Crippen LogP contribution >= 0.6 is 0 Å². The standard InChI is InChI=1S/C21H28F3N5/c1-3-17-9-19(21(22,23)24)29-20(26-17)10-18(27-29)16-5-4-8-28(13-16)12-15-6-7-25-11-14(15)2/h6-7,10-11,16-17,19,26H,3-5,8-9,12-13H2,1-2H3. The van der Waals surface area contributed by atoms with Crippen molar-refractivity contribution in [3.63, 3.8) is 0 Å². The van der Waals surface area contributed by atoms with Gasteiger partial charge in [-0.3, -0.25) is 9.88 Å². The van der Waals surface area contributed by atoms with Crippen molar-refractivity contribution in [2.75, 3.05) is 18.4 Å². The van der Waals surface area contributed by atoms with E-state index in [-0.39, 0.29) is 18.4 Å². The van der Waals surface area contributed by atoms with Crippen LogP contribution in [0.3, 0.4) is 0 Å². The summed E-state index contributed by atoms with van der Waals surface area (Å²) in [6.45, 7) is 6.61. The molecule has 3 unspecified atom stereocenters. The Morgan fingerprint density at radius 1 is 1.31 bits per heavy atom. The Morgan fingerprint density at radius 3 is 2.86 bits per heavy atom. The number of aromatic nitrogens is 3. The number of pyridine rings is 1. The van der Waals surface area contributed by atoms with E-state index in [0.717, 1.165) is 43.7 Å². The van der Waals surface area contributed by atoms with E-state index in [1.165, 1.54) is 10.2 Å². The van der Waals surface area contributed by atoms with Crippen LogP contribution in [0.15, 0.2) is 24.5 Å². The lowest BCUT2D eigenvalue weighted by atomic mass is 9.94. The van der Waals surface area contributed by atoms with Crippen LogP contribution in [-0.4, -0.2) is 45.0 Å². The van der Waals surface area contributed by atoms with Gasteiger partial charge in [0.15, 0.2) is 6.04 Å². The van der Waals surface area contributed by atoms with Crippen LogP contribution in [0.5, 0.6) is 0 Å². The maximum absolute atomic E-state index is 13.6. The van der Waals surface area contributed by atoms with Gasteiger partial charge in [-0.2, -0.15) is 18.3 Å². The van der Waals surface area contributed by atoms with Crippen molar-refractivity contribution < 1.29 is 13.2 Å². The van der Waals surface area contributed by atoms with Crippen molar-refractivity contribution in [1.29, 1.82) is 0 Å². The molecule has 29 heavy (non-hydrogen) atoms. The molecule has 0 bridgehead atoms. The van der Waals surface area contributed by atoms with Gasteiger partial charge in [0.1, 0.15) is 5.82 Å². The van der Waals surface area contributed by atoms with Crippen molar-refractivity contribution >= 4 is 5.82 Å². The number of piperidine rings is 1. The van der Waals surface area contributed by atoms with Crippen molar-refractivity contribution in [3.05, 3.63) is 41.3 Å². The van der Waals surface area contributed by atoms with E-state index >= 15 is 0 Å². The van der Waals surface area contributed by atoms with Gasteiger partial charge in [0, 0.05) is 43.5 Å². The van der Waals surface area contributed by atoms with E-state index in [1.807, 2.05) is 25.3 Å². The van der Waals surface area contributed by atoms with Crippen LogP contribution in [-0.2, 0) is 6.54 Å². The number of rotatable bonds is 4. The summed E-state index contributed by atoms with van der Waals surface area (Å²) in [5.41, 5.74) is 3.18. The second kappa shape index (κ2) is 7.97. The minimum absolute atomic E-state index is 0.0340. The molecule has 2 aromatic heterocycles. The fourth-order valence-corrected chi connectivity index (χ4v) is 4.50. The smallest absolute Gasteiger partial charge is 0.367 e. The number of nitrogens with one attached hydrogen (secondary N) is 1. The molecule has 5 nitrogen and oxygen atoms in total. The van der Waals surface area contributed by atoms with E-state index in [4.69, 9.17) is 0 Å². The lowest BCUT2D eigenvalue weighted by molar-refractivity contribution is -0.173. The summed E-state index contributed by atoms with van der Waals surface area (Å²) in [6.07, 6.45) is 2.06. The second-order valence-electron chi connectivity index (χ2n) is 8.32. The molecule has 2 aliphatic heterocycles. The first-order valence-electron chi connectivity index (χ1n) is 10.4. The summed E-state index contributed by atoms with van der Waals surface area (Å²) in [6, 6.07) is 2.16. The van der Waals surface area contributed by atoms with Gasteiger partial charge in [-0.15, -0.1) is 0 Å². The highest BCUT2D eigenvalue weighted by Gasteiger charge is 2.46. The minimum Gasteiger partial charge on any atom is -0.367 e. The van der Waals surface area contributed by atoms with E-state index < -0.39 is 12.2 Å². The Hall–Kier alpha value is -2.09. The summed E-state index contributed by atoms with van der Waals surface area (Å²) in [5.74, 6) is 0.655. The summed E-state index contributed by atoms with van der Waals surface area (Å²) < 4.78 is 42.0. The molecule has 1 N–H and O–H groups in total. The zero-order valence-corrected chi connectivity index (χ0v) is 16.9. The van der Waals surface area contributed by atoms with Crippen molar-refractivity contribution in [3.8, 4) is 0 Å². The fraction of sp³-hybridized carbons (Fsp3) is 0.619. The molecule has 0 aliphatic carbocycles. The van der Waals surface area contributed by atoms with Crippen LogP contribution in [0.25, 0.3) is 0 Å². The van der Waals surface area contributed by atoms with E-state index in [2.05, 4.69) is 27.2 Å². The summed E-state index contributed by atoms with van der Waals surface area (Å²) >= 11 is 0. The molecule has 8 heteroatoms. The van der Waals surface area contributed by atoms with Crippen LogP contribution in [0.1, 0.15) is 61.4 Å². The topological polar surface area (TPSA) is 46.0 Å². The number of halogens is 3. The molecule has 4 rings (SSSR count). The van der Waals surface area contributed by atoms with Gasteiger partial charge in [0.25, 0.3) is 0 Å². The summed E-state index contributed by atoms with van der Waals surface area (Å²) in [5, 5.41) is 7.69. The minimum atomic E-state index is -4.29. The first-order valence-corrected chi connectivity index (χ1v) is 10.4. The molecule has 4 heterocycles. The molecule has 0 aromatic carbocycles. The molecule has 0 spiro atoms. The third-order valence-corrected chi connectivity index (χ3v) is 6.23. The summed E-state index contributed by atoms with van der Waals surface area (Å²) in [7, 11) is 0. The second-order valence-corrected chi connectivity index (χ2v) is 8.32. The monoisotopic (exact) mass is 407 g/mol. The van der Waals surface area contributed by atoms with Gasteiger partial charge in [-0.05, 0) is 56.3 Å². The molecule has 2 aliphatic rings. The van der Waals surface area contributed by atoms with E-state index in [0.29, 0.717) is 12.2 Å². The maximum Gasteiger partial charge on any atom is 0.410 e. The third kappa shape index (κ3) is 4.27. The number of hydrogen-bond donors (Lipinski definition) is 1. The average Bonchev–Trinajstić information content (AvgIpc) is 3.12. The summed E-state index contributed by atoms with van der Waals surface area (Å²) in [4.78, 5) is 6.52. The molecule has 3 atom stereocenters. The van der Waals surface area contributed by atoms with Gasteiger partial charge < -0.3 is 5.32 Å². The highest BCUT2D eigenvalue weighted by Crippen LogP contribution is 2.41. The number of hydrogen-bond acceptors (Lipinski definition) is 4. The van der Waals surface area contributed by atoms with Crippen molar-refractivity contribution in [2.24, 2.45) is 0 Å². The van der Waals surface area contributed by atoms with E-state index in [1.54, 1.807) is 6.20 Å². The van der Waals surface area contributed by atoms with Gasteiger partial charge in [-0.25, -0.2) is 4.68 Å². The van der Waals surface area contributed by atoms with Gasteiger partial charge >= 0.3 is 6.18 Å². The van der Waals surface area contributed by atoms with Crippen molar-refractivity contribution in [2.45, 2.75) is 70.3 Å². The molecule has 0 saturated carbocycles. The Bertz CT molecular complexity index is 847. The Balaban J connectivity index is 1.53. The maximum atomic E-state index is 13.6. The largest absolute Gasteiger partial charge is 0.410 e. The quantitative estimate of drug-likeness (QED) is 0.801. The molecule has 0 amide bonds. The molecule has 158 valence electrons. The predicted molar refractivity (Wildman–Crippen MR) is 106 cm³/mol. The number of likely N-dealkylation sites (tertiary alicyclic amines) is 1. The van der Waals surface area contributed by atoms with Crippen LogP contribution in [0.4, 0.5) is 19.0 Å². The number of fused-ring (bicyclic) bond motifs is 1. The Labute approximate surface area is 169 Å². The first kappa shape index (κ1) is 20.2. The van der Waals surface area contributed by atoms with Gasteiger partial charge in [0.05, 0.1) is 5.69 Å². The number of nitrogens with zero attached hydrogens (tertiary/aromatic N) is 4. The van der Waals surface area contributed by atoms with Crippen LogP contribution < -0.4 is 5.32 Å². The molecule has 0 radical (unpaired) electrons. The zero-order chi connectivity index (χ0) is 20.6. The van der Waals surface area contributed by atoms with Crippen LogP contribution in [0.2, 0.25) is 0 Å². The third-order valence-electron chi connectivity index (χ3n) is 6.23. The molecular weight excluding hydrogens is 379 g/mol. The number of alkyl halides is 3. The SMILES string of the molecule is CCC1CC(C(F)(F)F)n2nc(C3CCCN(Cc4ccncc4C)C3)cc2N1. The zero-order valence-electron chi connectivity index (χ0n) is 16.9. The highest BCUT2D eigenvalue weighted by molar-refractivity contribution is 5.42. The van der Waals surface area contributed by atoms with Gasteiger partial charge in [0.2, 0.25) is 0 Å². The lowest BCUT2D eigenvalue weighted by Gasteiger charge is -2.33. The van der Waals surface area contributed by atoms with Crippen LogP contribution in [0, 0.1) is 6.92 Å². The first-order chi connectivity index (χ1) is 13.8. The molecular formula is C21H28F3N5. The van der Waals surface area contributed by atoms with Gasteiger partial charge in [-0.1, -0.05) is 6.92 Å². The molecule has 1 fully saturated rings. The highest BCUT2D eigenvalue weighted by atomic mass is 19.4. The Kier molecular flexibility index (Phi) is 5.55. The Morgan fingerprint density at radius 2 is 2.14 bits per heavy atom. The molecule has 2 aromatic rings. The molecule has 1 saturated heterocycles. The average molecular weight is 407 g/mol. The fourth-order valence-electron chi connectivity index (χ4n) is 4.50. The van der Waals surface area contributed by atoms with Crippen molar-refractivity contribution in [1.82, 2.24) is 19.7 Å². The number of aryl methyl sites for hydroxylation is 1.